The molecule has 0 N–H and O–H groups in total. The summed E-state index contributed by atoms with van der Waals surface area (Å²) in [7, 11) is 6.65. The molecule has 0 fully saturated rings. The van der Waals surface area contributed by atoms with E-state index >= 15 is 0 Å². The Morgan fingerprint density at radius 1 is 1.00 bits per heavy atom. The predicted octanol–water partition coefficient (Wildman–Crippen LogP) is 4.28. The lowest BCUT2D eigenvalue weighted by molar-refractivity contribution is -0.132. The lowest BCUT2D eigenvalue weighted by Gasteiger charge is -2.30. The Hall–Kier alpha value is -2.74. The van der Waals surface area contributed by atoms with Crippen LogP contribution in [-0.2, 0) is 17.8 Å². The Balaban J connectivity index is 2.20. The summed E-state index contributed by atoms with van der Waals surface area (Å²) in [4.78, 5) is 33.4. The SMILES string of the molecule is COc1ccc(CCN(Cc2ccc(C)s2)C(=O)CN(CC(C)C)C(=O)N(C)C)cc1OC. The van der Waals surface area contributed by atoms with Crippen molar-refractivity contribution in [3.8, 4) is 11.5 Å². The molecule has 2 aromatic rings. The van der Waals surface area contributed by atoms with Gasteiger partial charge in [-0.2, -0.15) is 0 Å². The molecular formula is C25H37N3O4S. The van der Waals surface area contributed by atoms with Gasteiger partial charge in [0.25, 0.3) is 0 Å². The van der Waals surface area contributed by atoms with Gasteiger partial charge in [0, 0.05) is 36.9 Å². The summed E-state index contributed by atoms with van der Waals surface area (Å²) in [6, 6.07) is 9.79. The number of nitrogens with zero attached hydrogens (tertiary/aromatic N) is 3. The molecule has 0 aliphatic rings. The smallest absolute Gasteiger partial charge is 0.319 e. The van der Waals surface area contributed by atoms with Crippen molar-refractivity contribution in [1.29, 1.82) is 0 Å². The molecule has 1 aromatic heterocycles. The Bertz CT molecular complexity index is 926. The molecule has 0 saturated carbocycles. The second kappa shape index (κ2) is 12.5. The van der Waals surface area contributed by atoms with E-state index in [0.717, 1.165) is 10.4 Å². The number of aryl methyl sites for hydroxylation is 1. The van der Waals surface area contributed by atoms with Crippen molar-refractivity contribution in [3.63, 3.8) is 0 Å². The number of carbonyl (C=O) groups is 2. The molecule has 33 heavy (non-hydrogen) atoms. The lowest BCUT2D eigenvalue weighted by atomic mass is 10.1. The van der Waals surface area contributed by atoms with Crippen LogP contribution in [0.4, 0.5) is 4.79 Å². The summed E-state index contributed by atoms with van der Waals surface area (Å²) in [5.41, 5.74) is 1.05. The molecule has 0 radical (unpaired) electrons. The fraction of sp³-hybridized carbons (Fsp3) is 0.520. The van der Waals surface area contributed by atoms with Crippen LogP contribution < -0.4 is 9.47 Å². The molecule has 0 unspecified atom stereocenters. The van der Waals surface area contributed by atoms with Crippen LogP contribution in [0, 0.1) is 12.8 Å². The van der Waals surface area contributed by atoms with Gasteiger partial charge in [-0.3, -0.25) is 4.79 Å². The van der Waals surface area contributed by atoms with Gasteiger partial charge in [0.15, 0.2) is 11.5 Å². The van der Waals surface area contributed by atoms with Gasteiger partial charge in [-0.1, -0.05) is 19.9 Å². The monoisotopic (exact) mass is 475 g/mol. The fourth-order valence-electron chi connectivity index (χ4n) is 3.55. The van der Waals surface area contributed by atoms with Crippen molar-refractivity contribution in [1.82, 2.24) is 14.7 Å². The Morgan fingerprint density at radius 3 is 2.24 bits per heavy atom. The fourth-order valence-corrected chi connectivity index (χ4v) is 4.45. The molecule has 3 amide bonds. The molecule has 1 heterocycles. The van der Waals surface area contributed by atoms with Crippen molar-refractivity contribution in [2.24, 2.45) is 5.92 Å². The average Bonchev–Trinajstić information content (AvgIpc) is 3.19. The quantitative estimate of drug-likeness (QED) is 0.487. The largest absolute Gasteiger partial charge is 0.493 e. The van der Waals surface area contributed by atoms with Crippen molar-refractivity contribution in [2.45, 2.75) is 33.7 Å². The average molecular weight is 476 g/mol. The van der Waals surface area contributed by atoms with Crippen LogP contribution in [0.3, 0.4) is 0 Å². The van der Waals surface area contributed by atoms with E-state index in [2.05, 4.69) is 19.1 Å². The second-order valence-corrected chi connectivity index (χ2v) is 10.1. The molecule has 0 atom stereocenters. The maximum Gasteiger partial charge on any atom is 0.319 e. The predicted molar refractivity (Wildman–Crippen MR) is 133 cm³/mol. The number of ether oxygens (including phenoxy) is 2. The normalized spacial score (nSPS) is 10.8. The lowest BCUT2D eigenvalue weighted by Crippen LogP contribution is -2.47. The van der Waals surface area contributed by atoms with Crippen LogP contribution in [0.15, 0.2) is 30.3 Å². The molecular weight excluding hydrogens is 438 g/mol. The topological polar surface area (TPSA) is 62.3 Å². The van der Waals surface area contributed by atoms with Crippen molar-refractivity contribution < 1.29 is 19.1 Å². The first-order chi connectivity index (χ1) is 15.6. The van der Waals surface area contributed by atoms with Crippen LogP contribution in [0.2, 0.25) is 0 Å². The van der Waals surface area contributed by atoms with E-state index in [-0.39, 0.29) is 24.4 Å². The minimum atomic E-state index is -0.149. The van der Waals surface area contributed by atoms with Gasteiger partial charge in [-0.25, -0.2) is 4.79 Å². The van der Waals surface area contributed by atoms with E-state index in [0.29, 0.717) is 37.6 Å². The van der Waals surface area contributed by atoms with Crippen molar-refractivity contribution >= 4 is 23.3 Å². The van der Waals surface area contributed by atoms with Gasteiger partial charge < -0.3 is 24.2 Å². The molecule has 1 aromatic carbocycles. The first-order valence-electron chi connectivity index (χ1n) is 11.1. The highest BCUT2D eigenvalue weighted by molar-refractivity contribution is 7.11. The molecule has 8 heteroatoms. The number of hydrogen-bond acceptors (Lipinski definition) is 5. The summed E-state index contributed by atoms with van der Waals surface area (Å²) >= 11 is 1.69. The highest BCUT2D eigenvalue weighted by Crippen LogP contribution is 2.28. The number of urea groups is 1. The van der Waals surface area contributed by atoms with E-state index in [1.54, 1.807) is 44.6 Å². The van der Waals surface area contributed by atoms with Crippen molar-refractivity contribution in [3.05, 3.63) is 45.6 Å². The molecule has 0 aliphatic heterocycles. The molecule has 0 bridgehead atoms. The Morgan fingerprint density at radius 2 is 1.70 bits per heavy atom. The molecule has 7 nitrogen and oxygen atoms in total. The molecule has 0 aliphatic carbocycles. The van der Waals surface area contributed by atoms with E-state index in [4.69, 9.17) is 9.47 Å². The zero-order valence-electron chi connectivity index (χ0n) is 20.9. The zero-order valence-corrected chi connectivity index (χ0v) is 21.7. The number of hydrogen-bond donors (Lipinski definition) is 0. The number of carbonyl (C=O) groups excluding carboxylic acids is 2. The first-order valence-corrected chi connectivity index (χ1v) is 12.0. The molecule has 182 valence electrons. The highest BCUT2D eigenvalue weighted by atomic mass is 32.1. The third-order valence-corrected chi connectivity index (χ3v) is 6.16. The Labute approximate surface area is 201 Å². The maximum atomic E-state index is 13.4. The summed E-state index contributed by atoms with van der Waals surface area (Å²) < 4.78 is 10.7. The number of rotatable bonds is 11. The van der Waals surface area contributed by atoms with Gasteiger partial charge in [0.1, 0.15) is 6.54 Å². The van der Waals surface area contributed by atoms with Crippen molar-refractivity contribution in [2.75, 3.05) is 47.9 Å². The van der Waals surface area contributed by atoms with Gasteiger partial charge in [0.2, 0.25) is 5.91 Å². The first kappa shape index (κ1) is 26.5. The standard InChI is InChI=1S/C25H37N3O4S/c1-18(2)15-28(25(30)26(4)5)17-24(29)27(16-21-10-8-19(3)33-21)13-12-20-9-11-22(31-6)23(14-20)32-7/h8-11,14,18H,12-13,15-17H2,1-7H3. The summed E-state index contributed by atoms with van der Waals surface area (Å²) in [5, 5.41) is 0. The summed E-state index contributed by atoms with van der Waals surface area (Å²) in [6.07, 6.45) is 0.669. The minimum absolute atomic E-state index is 0.0580. The second-order valence-electron chi connectivity index (χ2n) is 8.72. The third-order valence-electron chi connectivity index (χ3n) is 5.18. The molecule has 2 rings (SSSR count). The minimum Gasteiger partial charge on any atom is -0.493 e. The van der Waals surface area contributed by atoms with Gasteiger partial charge in [0.05, 0.1) is 20.8 Å². The van der Waals surface area contributed by atoms with Crippen LogP contribution in [-0.4, -0.2) is 74.6 Å². The molecule has 0 saturated heterocycles. The Kier molecular flexibility index (Phi) is 10.0. The van der Waals surface area contributed by atoms with Gasteiger partial charge in [-0.05, 0) is 49.1 Å². The molecule has 0 spiro atoms. The maximum absolute atomic E-state index is 13.4. The van der Waals surface area contributed by atoms with Gasteiger partial charge in [-0.15, -0.1) is 11.3 Å². The third kappa shape index (κ3) is 7.96. The number of amides is 3. The van der Waals surface area contributed by atoms with Crippen LogP contribution >= 0.6 is 11.3 Å². The summed E-state index contributed by atoms with van der Waals surface area (Å²) in [5.74, 6) is 1.55. The van der Waals surface area contributed by atoms with Gasteiger partial charge >= 0.3 is 6.03 Å². The van der Waals surface area contributed by atoms with E-state index in [9.17, 15) is 9.59 Å². The van der Waals surface area contributed by atoms with Crippen LogP contribution in [0.5, 0.6) is 11.5 Å². The van der Waals surface area contributed by atoms with E-state index < -0.39 is 0 Å². The highest BCUT2D eigenvalue weighted by Gasteiger charge is 2.23. The van der Waals surface area contributed by atoms with Crippen LogP contribution in [0.1, 0.15) is 29.2 Å². The zero-order chi connectivity index (χ0) is 24.5. The number of thiophene rings is 1. The number of methoxy groups -OCH3 is 2. The summed E-state index contributed by atoms with van der Waals surface area (Å²) in [6.45, 7) is 7.81. The number of benzene rings is 1. The van der Waals surface area contributed by atoms with E-state index in [1.165, 1.54) is 9.78 Å². The van der Waals surface area contributed by atoms with E-state index in [1.807, 2.05) is 36.9 Å². The van der Waals surface area contributed by atoms with Crippen LogP contribution in [0.25, 0.3) is 0 Å².